The highest BCUT2D eigenvalue weighted by molar-refractivity contribution is 7.17. The molecule has 6 rings (SSSR count). The number of carboxylic acids is 2. The van der Waals surface area contributed by atoms with Crippen molar-refractivity contribution in [3.05, 3.63) is 117 Å². The summed E-state index contributed by atoms with van der Waals surface area (Å²) in [6.45, 7) is 3.94. The number of hydrogen-bond acceptors (Lipinski definition) is 7. The summed E-state index contributed by atoms with van der Waals surface area (Å²) < 4.78 is 0. The lowest BCUT2D eigenvalue weighted by Crippen LogP contribution is -2.43. The lowest BCUT2D eigenvalue weighted by Gasteiger charge is -2.37. The predicted octanol–water partition coefficient (Wildman–Crippen LogP) is 8.71. The molecule has 11 nitrogen and oxygen atoms in total. The molecule has 0 radical (unpaired) electrons. The maximum Gasteiger partial charge on any atom is 0.335 e. The number of aryl methyl sites for hydroxylation is 3. The molecule has 1 atom stereocenters. The molecule has 0 spiro atoms. The average molecular weight is 821 g/mol. The molecule has 3 aromatic carbocycles. The van der Waals surface area contributed by atoms with Gasteiger partial charge in [0.25, 0.3) is 11.8 Å². The number of anilines is 2. The van der Waals surface area contributed by atoms with Crippen molar-refractivity contribution in [3.8, 4) is 0 Å². The summed E-state index contributed by atoms with van der Waals surface area (Å²) in [6, 6.07) is 22.5. The number of likely N-dealkylation sites (N-methyl/N-ethyl adjacent to an activating group) is 1. The number of benzene rings is 3. The Labute approximate surface area is 350 Å². The van der Waals surface area contributed by atoms with E-state index in [1.54, 1.807) is 30.1 Å². The van der Waals surface area contributed by atoms with Gasteiger partial charge in [-0.2, -0.15) is 0 Å². The van der Waals surface area contributed by atoms with Crippen LogP contribution < -0.4 is 10.6 Å². The lowest BCUT2D eigenvalue weighted by molar-refractivity contribution is -0.140. The topological polar surface area (TPSA) is 156 Å². The van der Waals surface area contributed by atoms with Crippen molar-refractivity contribution in [3.63, 3.8) is 0 Å². The van der Waals surface area contributed by atoms with Crippen molar-refractivity contribution in [1.82, 2.24) is 9.80 Å². The van der Waals surface area contributed by atoms with Crippen molar-refractivity contribution in [1.29, 1.82) is 0 Å². The summed E-state index contributed by atoms with van der Waals surface area (Å²) in [5, 5.41) is 25.0. The van der Waals surface area contributed by atoms with Gasteiger partial charge in [0.1, 0.15) is 5.00 Å². The van der Waals surface area contributed by atoms with Crippen molar-refractivity contribution in [2.45, 2.75) is 103 Å². The molecule has 4 aromatic rings. The third-order valence-electron chi connectivity index (χ3n) is 11.9. The van der Waals surface area contributed by atoms with Gasteiger partial charge in [0.2, 0.25) is 5.91 Å². The van der Waals surface area contributed by atoms with Crippen LogP contribution in [-0.2, 0) is 41.8 Å². The van der Waals surface area contributed by atoms with Crippen LogP contribution >= 0.6 is 11.3 Å². The Kier molecular flexibility index (Phi) is 15.1. The Hall–Kier alpha value is -5.33. The second kappa shape index (κ2) is 20.6. The van der Waals surface area contributed by atoms with Crippen molar-refractivity contribution in [2.24, 2.45) is 5.92 Å². The van der Waals surface area contributed by atoms with Gasteiger partial charge in [-0.05, 0) is 123 Å². The van der Waals surface area contributed by atoms with Crippen LogP contribution in [-0.4, -0.2) is 75.9 Å². The van der Waals surface area contributed by atoms with E-state index in [0.717, 1.165) is 78.5 Å². The minimum Gasteiger partial charge on any atom is -0.481 e. The van der Waals surface area contributed by atoms with Crippen LogP contribution in [0.25, 0.3) is 0 Å². The minimum atomic E-state index is -0.985. The van der Waals surface area contributed by atoms with Gasteiger partial charge in [-0.3, -0.25) is 24.1 Å². The molecule has 1 aromatic heterocycles. The zero-order chi connectivity index (χ0) is 41.9. The number of thiophene rings is 1. The van der Waals surface area contributed by atoms with E-state index >= 15 is 0 Å². The molecule has 3 amide bonds. The molecule has 1 fully saturated rings. The molecule has 0 aliphatic heterocycles. The largest absolute Gasteiger partial charge is 0.481 e. The second-order valence-corrected chi connectivity index (χ2v) is 17.1. The Bertz CT molecular complexity index is 2110. The first-order valence-corrected chi connectivity index (χ1v) is 21.7. The maximum absolute atomic E-state index is 14.0. The van der Waals surface area contributed by atoms with Crippen LogP contribution in [0.2, 0.25) is 0 Å². The van der Waals surface area contributed by atoms with Crippen molar-refractivity contribution >= 4 is 51.7 Å². The fraction of sp³-hybridized carbons (Fsp3) is 0.426. The van der Waals surface area contributed by atoms with Crippen LogP contribution in [0, 0.1) is 5.92 Å². The van der Waals surface area contributed by atoms with Crippen LogP contribution in [0.15, 0.2) is 72.8 Å². The Balaban J connectivity index is 1.12. The molecular formula is C47H56N4O7S. The Morgan fingerprint density at radius 2 is 1.42 bits per heavy atom. The third kappa shape index (κ3) is 11.9. The van der Waals surface area contributed by atoms with Crippen molar-refractivity contribution < 1.29 is 34.2 Å². The van der Waals surface area contributed by atoms with E-state index in [0.29, 0.717) is 47.4 Å². The quantitative estimate of drug-likeness (QED) is 0.0777. The number of aliphatic carboxylic acids is 1. The average Bonchev–Trinajstić information content (AvgIpc) is 3.62. The Morgan fingerprint density at radius 3 is 2.10 bits per heavy atom. The second-order valence-electron chi connectivity index (χ2n) is 16.0. The molecule has 2 aliphatic rings. The summed E-state index contributed by atoms with van der Waals surface area (Å²) in [4.78, 5) is 67.9. The minimum absolute atomic E-state index is 0.0259. The van der Waals surface area contributed by atoms with Gasteiger partial charge in [-0.15, -0.1) is 11.3 Å². The fourth-order valence-corrected chi connectivity index (χ4v) is 9.60. The molecule has 2 aliphatic carbocycles. The smallest absolute Gasteiger partial charge is 0.335 e. The molecule has 1 saturated carbocycles. The highest BCUT2D eigenvalue weighted by Crippen LogP contribution is 2.39. The van der Waals surface area contributed by atoms with Gasteiger partial charge in [0, 0.05) is 55.3 Å². The molecule has 12 heteroatoms. The predicted molar refractivity (Wildman–Crippen MR) is 232 cm³/mol. The van der Waals surface area contributed by atoms with E-state index in [1.165, 1.54) is 30.6 Å². The molecule has 59 heavy (non-hydrogen) atoms. The zero-order valence-corrected chi connectivity index (χ0v) is 35.0. The third-order valence-corrected chi connectivity index (χ3v) is 13.1. The number of aromatic carboxylic acids is 1. The first-order chi connectivity index (χ1) is 28.4. The maximum atomic E-state index is 14.0. The molecule has 0 saturated heterocycles. The summed E-state index contributed by atoms with van der Waals surface area (Å²) in [5.41, 5.74) is 6.07. The normalized spacial score (nSPS) is 14.6. The molecular weight excluding hydrogens is 765 g/mol. The molecule has 4 N–H and O–H groups in total. The number of fused-ring (bicyclic) bond motifs is 1. The van der Waals surface area contributed by atoms with E-state index in [1.807, 2.05) is 54.6 Å². The van der Waals surface area contributed by atoms with Crippen LogP contribution in [0.1, 0.15) is 123 Å². The van der Waals surface area contributed by atoms with E-state index in [9.17, 15) is 24.0 Å². The summed E-state index contributed by atoms with van der Waals surface area (Å²) in [5.74, 6) is -2.11. The van der Waals surface area contributed by atoms with Crippen LogP contribution in [0.4, 0.5) is 10.7 Å². The van der Waals surface area contributed by atoms with E-state index in [2.05, 4.69) is 22.5 Å². The standard InChI is InChI=1S/C47H56N4O7S/c1-31(35-10-4-3-5-11-35)51(28-27-50(2)41(52)25-26-42(53)54)30-34-9-8-12-37(29-34)44(55)49-46-43(39-13-6-7-14-40(39)59-46)45(56)48-38-23-19-33(20-24-38)16-15-32-17-21-36(22-18-32)47(57)58/h8-9,12,17-24,29,31,35H,3-7,10-11,13-16,25-28,30H2,1-2H3,(H,48,56)(H,49,55)(H,53,54)(H,57,58)/t31-/m1/s1. The fourth-order valence-electron chi connectivity index (χ4n) is 8.32. The number of carboxylic acid groups (broad SMARTS) is 2. The number of nitrogens with zero attached hydrogens (tertiary/aromatic N) is 2. The first-order valence-electron chi connectivity index (χ1n) is 20.9. The number of rotatable bonds is 18. The Morgan fingerprint density at radius 1 is 0.746 bits per heavy atom. The number of amides is 3. The molecule has 0 unspecified atom stereocenters. The van der Waals surface area contributed by atoms with Gasteiger partial charge < -0.3 is 25.7 Å². The molecule has 312 valence electrons. The number of hydrogen-bond donors (Lipinski definition) is 4. The summed E-state index contributed by atoms with van der Waals surface area (Å²) >= 11 is 1.49. The molecule has 0 bridgehead atoms. The monoisotopic (exact) mass is 820 g/mol. The SMILES string of the molecule is C[C@H](C1CCCCC1)N(CCN(C)C(=O)CCC(=O)O)Cc1cccc(C(=O)Nc2sc3c(c2C(=O)Nc2ccc(CCc4ccc(C(=O)O)cc4)cc2)CCCC3)c1. The van der Waals surface area contributed by atoms with Gasteiger partial charge >= 0.3 is 11.9 Å². The van der Waals surface area contributed by atoms with Gasteiger partial charge in [-0.1, -0.05) is 55.7 Å². The van der Waals surface area contributed by atoms with Crippen molar-refractivity contribution in [2.75, 3.05) is 30.8 Å². The zero-order valence-electron chi connectivity index (χ0n) is 34.1. The number of carbonyl (C=O) groups excluding carboxylic acids is 3. The molecule has 1 heterocycles. The van der Waals surface area contributed by atoms with E-state index in [4.69, 9.17) is 10.2 Å². The first kappa shape index (κ1) is 43.3. The summed E-state index contributed by atoms with van der Waals surface area (Å²) in [7, 11) is 1.72. The highest BCUT2D eigenvalue weighted by Gasteiger charge is 2.28. The summed E-state index contributed by atoms with van der Waals surface area (Å²) in [6.07, 6.45) is 11.0. The number of nitrogens with one attached hydrogen (secondary N) is 2. The van der Waals surface area contributed by atoms with E-state index < -0.39 is 11.9 Å². The van der Waals surface area contributed by atoms with E-state index in [-0.39, 0.29) is 42.2 Å². The van der Waals surface area contributed by atoms with Gasteiger partial charge in [0.05, 0.1) is 17.5 Å². The van der Waals surface area contributed by atoms with Crippen LogP contribution in [0.3, 0.4) is 0 Å². The van der Waals surface area contributed by atoms with Gasteiger partial charge in [0.15, 0.2) is 0 Å². The lowest BCUT2D eigenvalue weighted by atomic mass is 9.84. The van der Waals surface area contributed by atoms with Crippen LogP contribution in [0.5, 0.6) is 0 Å². The van der Waals surface area contributed by atoms with Gasteiger partial charge in [-0.25, -0.2) is 4.79 Å². The highest BCUT2D eigenvalue weighted by atomic mass is 32.1. The number of carbonyl (C=O) groups is 5.